The van der Waals surface area contributed by atoms with E-state index in [4.69, 9.17) is 4.74 Å². The van der Waals surface area contributed by atoms with E-state index in [0.29, 0.717) is 26.1 Å². The van der Waals surface area contributed by atoms with Gasteiger partial charge in [0.25, 0.3) is 0 Å². The van der Waals surface area contributed by atoms with E-state index in [1.165, 1.54) is 16.7 Å². The maximum absolute atomic E-state index is 13.1. The van der Waals surface area contributed by atoms with Gasteiger partial charge in [0, 0.05) is 25.7 Å². The van der Waals surface area contributed by atoms with E-state index in [0.717, 1.165) is 12.8 Å². The van der Waals surface area contributed by atoms with E-state index < -0.39 is 11.7 Å². The third-order valence-corrected chi connectivity index (χ3v) is 6.93. The average Bonchev–Trinajstić information content (AvgIpc) is 3.38. The summed E-state index contributed by atoms with van der Waals surface area (Å²) >= 11 is 0. The van der Waals surface area contributed by atoms with Gasteiger partial charge in [-0.3, -0.25) is 4.90 Å². The molecule has 0 unspecified atom stereocenters. The summed E-state index contributed by atoms with van der Waals surface area (Å²) in [4.78, 5) is 17.2. The minimum atomic E-state index is -0.734. The molecule has 4 rings (SSSR count). The number of benzene rings is 3. The summed E-state index contributed by atoms with van der Waals surface area (Å²) < 4.78 is 5.71. The van der Waals surface area contributed by atoms with Gasteiger partial charge in [-0.15, -0.1) is 0 Å². The Morgan fingerprint density at radius 2 is 1.38 bits per heavy atom. The van der Waals surface area contributed by atoms with Crippen LogP contribution in [-0.2, 0) is 24.2 Å². The molecule has 0 aliphatic carbocycles. The van der Waals surface area contributed by atoms with Crippen LogP contribution in [0.25, 0.3) is 0 Å². The van der Waals surface area contributed by atoms with Gasteiger partial charge in [0.05, 0.1) is 12.1 Å². The number of rotatable bonds is 9. The Kier molecular flexibility index (Phi) is 9.01. The van der Waals surface area contributed by atoms with E-state index in [1.807, 2.05) is 51.1 Å². The highest BCUT2D eigenvalue weighted by Gasteiger charge is 2.41. The van der Waals surface area contributed by atoms with Crippen molar-refractivity contribution in [2.24, 2.45) is 0 Å². The van der Waals surface area contributed by atoms with Crippen LogP contribution < -0.4 is 0 Å². The normalized spacial score (nSPS) is 17.5. The van der Waals surface area contributed by atoms with E-state index in [-0.39, 0.29) is 18.2 Å². The van der Waals surface area contributed by atoms with Crippen molar-refractivity contribution in [3.63, 3.8) is 0 Å². The molecular formula is C32H40N2O3. The van der Waals surface area contributed by atoms with Gasteiger partial charge in [0.1, 0.15) is 5.60 Å². The van der Waals surface area contributed by atoms with Crippen LogP contribution in [0.2, 0.25) is 0 Å². The molecule has 196 valence electrons. The van der Waals surface area contributed by atoms with Crippen molar-refractivity contribution in [1.29, 1.82) is 0 Å². The van der Waals surface area contributed by atoms with Crippen LogP contribution in [0.4, 0.5) is 4.79 Å². The summed E-state index contributed by atoms with van der Waals surface area (Å²) in [6.07, 6.45) is 1.22. The van der Waals surface area contributed by atoms with Crippen LogP contribution >= 0.6 is 0 Å². The molecule has 1 aliphatic heterocycles. The highest BCUT2D eigenvalue weighted by atomic mass is 16.6. The number of carbonyl (C=O) groups is 1. The molecular weight excluding hydrogens is 460 g/mol. The minimum Gasteiger partial charge on any atom is -0.444 e. The first-order valence-corrected chi connectivity index (χ1v) is 13.3. The SMILES string of the molecule is CC(C)(C)OC(=O)N1CCC[C@H]1[C@@H](O)[C@@H](Cc1ccccc1)N(Cc1ccccc1)Cc1ccccc1. The second-order valence-electron chi connectivity index (χ2n) is 11.0. The Morgan fingerprint density at radius 3 is 1.86 bits per heavy atom. The molecule has 1 amide bonds. The Labute approximate surface area is 221 Å². The number of ether oxygens (including phenoxy) is 1. The molecule has 3 aromatic rings. The number of hydrogen-bond acceptors (Lipinski definition) is 4. The third-order valence-electron chi connectivity index (χ3n) is 6.93. The number of aliphatic hydroxyl groups is 1. The van der Waals surface area contributed by atoms with Crippen LogP contribution in [0, 0.1) is 0 Å². The zero-order valence-corrected chi connectivity index (χ0v) is 22.3. The van der Waals surface area contributed by atoms with Crippen LogP contribution in [0.3, 0.4) is 0 Å². The monoisotopic (exact) mass is 500 g/mol. The van der Waals surface area contributed by atoms with Gasteiger partial charge in [-0.05, 0) is 56.7 Å². The zero-order chi connectivity index (χ0) is 26.3. The lowest BCUT2D eigenvalue weighted by atomic mass is 9.92. The Bertz CT molecular complexity index is 1060. The summed E-state index contributed by atoms with van der Waals surface area (Å²) in [7, 11) is 0. The van der Waals surface area contributed by atoms with E-state index in [2.05, 4.69) is 65.6 Å². The fraction of sp³-hybridized carbons (Fsp3) is 0.406. The fourth-order valence-corrected chi connectivity index (χ4v) is 5.20. The van der Waals surface area contributed by atoms with E-state index in [9.17, 15) is 9.90 Å². The number of nitrogens with zero attached hydrogens (tertiary/aromatic N) is 2. The number of amides is 1. The predicted octanol–water partition coefficient (Wildman–Crippen LogP) is 6.06. The lowest BCUT2D eigenvalue weighted by molar-refractivity contribution is -0.0250. The molecule has 0 bridgehead atoms. The first-order valence-electron chi connectivity index (χ1n) is 13.3. The topological polar surface area (TPSA) is 53.0 Å². The highest BCUT2D eigenvalue weighted by molar-refractivity contribution is 5.69. The van der Waals surface area contributed by atoms with E-state index in [1.54, 1.807) is 4.90 Å². The first kappa shape index (κ1) is 26.9. The summed E-state index contributed by atoms with van der Waals surface area (Å²) in [5.41, 5.74) is 2.98. The Hall–Kier alpha value is -3.15. The number of hydrogen-bond donors (Lipinski definition) is 1. The molecule has 1 aliphatic rings. The molecule has 0 radical (unpaired) electrons. The number of likely N-dealkylation sites (tertiary alicyclic amines) is 1. The molecule has 3 atom stereocenters. The number of carbonyl (C=O) groups excluding carboxylic acids is 1. The molecule has 37 heavy (non-hydrogen) atoms. The molecule has 1 heterocycles. The molecule has 5 nitrogen and oxygen atoms in total. The predicted molar refractivity (Wildman–Crippen MR) is 148 cm³/mol. The smallest absolute Gasteiger partial charge is 0.410 e. The molecule has 5 heteroatoms. The van der Waals surface area contributed by atoms with Crippen molar-refractivity contribution in [2.45, 2.75) is 76.9 Å². The largest absolute Gasteiger partial charge is 0.444 e. The van der Waals surface area contributed by atoms with Gasteiger partial charge < -0.3 is 14.7 Å². The highest BCUT2D eigenvalue weighted by Crippen LogP contribution is 2.29. The Morgan fingerprint density at radius 1 is 0.892 bits per heavy atom. The van der Waals surface area contributed by atoms with Crippen LogP contribution in [0.5, 0.6) is 0 Å². The first-order chi connectivity index (χ1) is 17.8. The van der Waals surface area contributed by atoms with Crippen LogP contribution in [0.1, 0.15) is 50.3 Å². The van der Waals surface area contributed by atoms with Crippen LogP contribution in [0.15, 0.2) is 91.0 Å². The van der Waals surface area contributed by atoms with Crippen molar-refractivity contribution >= 4 is 6.09 Å². The van der Waals surface area contributed by atoms with Crippen molar-refractivity contribution in [1.82, 2.24) is 9.80 Å². The molecule has 0 saturated carbocycles. The van der Waals surface area contributed by atoms with Gasteiger partial charge in [-0.1, -0.05) is 91.0 Å². The maximum atomic E-state index is 13.1. The molecule has 0 aromatic heterocycles. The van der Waals surface area contributed by atoms with Gasteiger partial charge in [0.2, 0.25) is 0 Å². The Balaban J connectivity index is 1.67. The van der Waals surface area contributed by atoms with Gasteiger partial charge in [0.15, 0.2) is 0 Å². The van der Waals surface area contributed by atoms with Crippen LogP contribution in [-0.4, -0.2) is 51.3 Å². The maximum Gasteiger partial charge on any atom is 0.410 e. The summed E-state index contributed by atoms with van der Waals surface area (Å²) in [5, 5.41) is 12.0. The van der Waals surface area contributed by atoms with Crippen molar-refractivity contribution < 1.29 is 14.6 Å². The molecule has 0 spiro atoms. The molecule has 3 aromatic carbocycles. The van der Waals surface area contributed by atoms with Crippen molar-refractivity contribution in [3.05, 3.63) is 108 Å². The molecule has 1 fully saturated rings. The van der Waals surface area contributed by atoms with Gasteiger partial charge >= 0.3 is 6.09 Å². The second-order valence-corrected chi connectivity index (χ2v) is 11.0. The quantitative estimate of drug-likeness (QED) is 0.388. The molecule has 1 saturated heterocycles. The minimum absolute atomic E-state index is 0.198. The fourth-order valence-electron chi connectivity index (χ4n) is 5.20. The third kappa shape index (κ3) is 7.67. The van der Waals surface area contributed by atoms with Crippen molar-refractivity contribution in [2.75, 3.05) is 6.54 Å². The van der Waals surface area contributed by atoms with Gasteiger partial charge in [-0.25, -0.2) is 4.79 Å². The summed E-state index contributed by atoms with van der Waals surface area (Å²) in [6, 6.07) is 30.6. The lowest BCUT2D eigenvalue weighted by Gasteiger charge is -2.40. The second kappa shape index (κ2) is 12.4. The molecule has 1 N–H and O–H groups in total. The van der Waals surface area contributed by atoms with Gasteiger partial charge in [-0.2, -0.15) is 0 Å². The summed E-state index contributed by atoms with van der Waals surface area (Å²) in [6.45, 7) is 7.64. The zero-order valence-electron chi connectivity index (χ0n) is 22.3. The standard InChI is InChI=1S/C32H40N2O3/c1-32(2,3)37-31(36)34-21-13-20-28(34)30(35)29(22-25-14-7-4-8-15-25)33(23-26-16-9-5-10-17-26)24-27-18-11-6-12-19-27/h4-12,14-19,28-30,35H,13,20-24H2,1-3H3/t28-,29+,30+/m0/s1. The van der Waals surface area contributed by atoms with E-state index >= 15 is 0 Å². The lowest BCUT2D eigenvalue weighted by Crippen LogP contribution is -2.54. The summed E-state index contributed by atoms with van der Waals surface area (Å²) in [5.74, 6) is 0. The van der Waals surface area contributed by atoms with Crippen molar-refractivity contribution in [3.8, 4) is 0 Å². The number of aliphatic hydroxyl groups excluding tert-OH is 1. The average molecular weight is 501 g/mol.